The average molecular weight is 242 g/mol. The molecular weight excluding hydrogens is 233 g/mol. The predicted octanol–water partition coefficient (Wildman–Crippen LogP) is 2.27. The van der Waals surface area contributed by atoms with Gasteiger partial charge in [-0.1, -0.05) is 11.6 Å². The molecule has 0 bridgehead atoms. The van der Waals surface area contributed by atoms with Gasteiger partial charge in [-0.05, 0) is 12.1 Å². The largest absolute Gasteiger partial charge is 0.474 e. The number of hydrogen-bond acceptors (Lipinski definition) is 3. The molecule has 0 saturated heterocycles. The molecule has 6 heteroatoms. The number of pyridine rings is 1. The van der Waals surface area contributed by atoms with Crippen LogP contribution >= 0.6 is 11.6 Å². The average Bonchev–Trinajstić information content (AvgIpc) is 2.75. The van der Waals surface area contributed by atoms with Crippen LogP contribution in [0, 0.1) is 0 Å². The Bertz CT molecular complexity index is 475. The van der Waals surface area contributed by atoms with Gasteiger partial charge in [-0.3, -0.25) is 0 Å². The van der Waals surface area contributed by atoms with Crippen molar-refractivity contribution in [1.29, 1.82) is 0 Å². The Kier molecular flexibility index (Phi) is 3.36. The number of hydrogen-bond donors (Lipinski definition) is 0. The van der Waals surface area contributed by atoms with Gasteiger partial charge in [0.25, 0.3) is 0 Å². The van der Waals surface area contributed by atoms with Gasteiger partial charge in [-0.2, -0.15) is 0 Å². The molecule has 2 aromatic rings. The number of alkyl halides is 1. The van der Waals surface area contributed by atoms with Gasteiger partial charge in [-0.15, -0.1) is 5.10 Å². The lowest BCUT2D eigenvalue weighted by Crippen LogP contribution is -2.02. The second-order valence-corrected chi connectivity index (χ2v) is 3.35. The molecule has 2 rings (SSSR count). The molecule has 0 aliphatic carbocycles. The lowest BCUT2D eigenvalue weighted by Gasteiger charge is -2.01. The van der Waals surface area contributed by atoms with E-state index in [1.165, 1.54) is 4.68 Å². The van der Waals surface area contributed by atoms with Crippen molar-refractivity contribution in [3.8, 4) is 11.7 Å². The van der Waals surface area contributed by atoms with Crippen LogP contribution in [0.5, 0.6) is 5.88 Å². The zero-order valence-electron chi connectivity index (χ0n) is 8.31. The molecule has 4 nitrogen and oxygen atoms in total. The third-order valence-electron chi connectivity index (χ3n) is 1.85. The maximum absolute atomic E-state index is 11.9. The molecule has 0 spiro atoms. The Morgan fingerprint density at radius 2 is 2.31 bits per heavy atom. The first-order valence-electron chi connectivity index (χ1n) is 4.66. The Morgan fingerprint density at radius 3 is 3.06 bits per heavy atom. The third kappa shape index (κ3) is 2.30. The van der Waals surface area contributed by atoms with E-state index in [-0.39, 0.29) is 6.61 Å². The minimum absolute atomic E-state index is 0.00698. The van der Waals surface area contributed by atoms with Crippen molar-refractivity contribution in [3.05, 3.63) is 35.6 Å². The summed E-state index contributed by atoms with van der Waals surface area (Å²) in [7, 11) is 0. The van der Waals surface area contributed by atoms with Gasteiger partial charge < -0.3 is 4.74 Å². The van der Waals surface area contributed by atoms with Crippen LogP contribution in [-0.2, 0) is 0 Å². The molecule has 84 valence electrons. The van der Waals surface area contributed by atoms with Crippen molar-refractivity contribution in [3.63, 3.8) is 0 Å². The van der Waals surface area contributed by atoms with Crippen molar-refractivity contribution < 1.29 is 9.13 Å². The molecule has 16 heavy (non-hydrogen) atoms. The Morgan fingerprint density at radius 1 is 1.44 bits per heavy atom. The highest BCUT2D eigenvalue weighted by Gasteiger charge is 2.06. The summed E-state index contributed by atoms with van der Waals surface area (Å²) in [6.45, 7) is -0.551. The van der Waals surface area contributed by atoms with E-state index in [0.29, 0.717) is 16.7 Å². The third-order valence-corrected chi connectivity index (χ3v) is 2.14. The standard InChI is InChI=1S/C10H9ClFN3O/c11-8-2-1-5-13-10(8)15-6-3-9(14-15)16-7-4-12/h1-3,5-6H,4,7H2. The first kappa shape index (κ1) is 10.9. The van der Waals surface area contributed by atoms with Crippen LogP contribution in [0.3, 0.4) is 0 Å². The van der Waals surface area contributed by atoms with E-state index in [9.17, 15) is 4.39 Å². The quantitative estimate of drug-likeness (QED) is 0.824. The van der Waals surface area contributed by atoms with Crippen LogP contribution in [0.25, 0.3) is 5.82 Å². The second-order valence-electron chi connectivity index (χ2n) is 2.94. The number of nitrogens with zero attached hydrogens (tertiary/aromatic N) is 3. The first-order chi connectivity index (χ1) is 7.81. The van der Waals surface area contributed by atoms with Crippen LogP contribution < -0.4 is 4.74 Å². The van der Waals surface area contributed by atoms with E-state index in [2.05, 4.69) is 10.1 Å². The minimum Gasteiger partial charge on any atom is -0.474 e. The molecule has 0 radical (unpaired) electrons. The van der Waals surface area contributed by atoms with Crippen molar-refractivity contribution >= 4 is 11.6 Å². The molecule has 0 aliphatic rings. The smallest absolute Gasteiger partial charge is 0.233 e. The Labute approximate surface area is 96.6 Å². The molecule has 0 fully saturated rings. The summed E-state index contributed by atoms with van der Waals surface area (Å²) in [5.74, 6) is 0.860. The topological polar surface area (TPSA) is 39.9 Å². The van der Waals surface area contributed by atoms with E-state index in [1.807, 2.05) is 0 Å². The molecule has 2 heterocycles. The van der Waals surface area contributed by atoms with Gasteiger partial charge >= 0.3 is 0 Å². The van der Waals surface area contributed by atoms with Crippen LogP contribution in [0.15, 0.2) is 30.6 Å². The summed E-state index contributed by atoms with van der Waals surface area (Å²) in [6, 6.07) is 5.07. The molecule has 0 N–H and O–H groups in total. The Hall–Kier alpha value is -1.62. The van der Waals surface area contributed by atoms with E-state index in [1.54, 1.807) is 30.6 Å². The monoisotopic (exact) mass is 241 g/mol. The fraction of sp³-hybridized carbons (Fsp3) is 0.200. The Balaban J connectivity index is 2.22. The van der Waals surface area contributed by atoms with Crippen molar-refractivity contribution in [2.45, 2.75) is 0 Å². The molecule has 0 amide bonds. The van der Waals surface area contributed by atoms with Gasteiger partial charge in [0.15, 0.2) is 5.82 Å². The van der Waals surface area contributed by atoms with Crippen molar-refractivity contribution in [2.24, 2.45) is 0 Å². The van der Waals surface area contributed by atoms with E-state index < -0.39 is 6.67 Å². The normalized spacial score (nSPS) is 10.4. The van der Waals surface area contributed by atoms with Crippen LogP contribution in [-0.4, -0.2) is 28.0 Å². The van der Waals surface area contributed by atoms with Crippen molar-refractivity contribution in [2.75, 3.05) is 13.3 Å². The van der Waals surface area contributed by atoms with Gasteiger partial charge in [0, 0.05) is 18.5 Å². The van der Waals surface area contributed by atoms with Crippen LogP contribution in [0.2, 0.25) is 5.02 Å². The zero-order chi connectivity index (χ0) is 11.4. The van der Waals surface area contributed by atoms with E-state index in [0.717, 1.165) is 0 Å². The van der Waals surface area contributed by atoms with Gasteiger partial charge in [0.2, 0.25) is 5.88 Å². The molecule has 2 aromatic heterocycles. The zero-order valence-corrected chi connectivity index (χ0v) is 9.06. The maximum Gasteiger partial charge on any atom is 0.233 e. The summed E-state index contributed by atoms with van der Waals surface area (Å²) in [6.07, 6.45) is 3.27. The molecule has 0 aliphatic heterocycles. The highest BCUT2D eigenvalue weighted by Crippen LogP contribution is 2.17. The van der Waals surface area contributed by atoms with Crippen LogP contribution in [0.4, 0.5) is 4.39 Å². The predicted molar refractivity (Wildman–Crippen MR) is 57.8 cm³/mol. The number of aromatic nitrogens is 3. The molecule has 0 atom stereocenters. The second kappa shape index (κ2) is 4.94. The van der Waals surface area contributed by atoms with E-state index in [4.69, 9.17) is 16.3 Å². The SMILES string of the molecule is FCCOc1ccn(-c2ncccc2Cl)n1. The lowest BCUT2D eigenvalue weighted by atomic mass is 10.4. The summed E-state index contributed by atoms with van der Waals surface area (Å²) in [5, 5.41) is 4.55. The summed E-state index contributed by atoms with van der Waals surface area (Å²) < 4.78 is 18.4. The highest BCUT2D eigenvalue weighted by molar-refractivity contribution is 6.32. The summed E-state index contributed by atoms with van der Waals surface area (Å²) in [4.78, 5) is 4.08. The van der Waals surface area contributed by atoms with E-state index >= 15 is 0 Å². The van der Waals surface area contributed by atoms with Gasteiger partial charge in [0.1, 0.15) is 13.3 Å². The summed E-state index contributed by atoms with van der Waals surface area (Å²) >= 11 is 5.95. The first-order valence-corrected chi connectivity index (χ1v) is 5.04. The fourth-order valence-electron chi connectivity index (χ4n) is 1.19. The van der Waals surface area contributed by atoms with Gasteiger partial charge in [0.05, 0.1) is 5.02 Å². The van der Waals surface area contributed by atoms with Gasteiger partial charge in [-0.25, -0.2) is 14.1 Å². The maximum atomic E-state index is 11.9. The lowest BCUT2D eigenvalue weighted by molar-refractivity contribution is 0.263. The molecular formula is C10H9ClFN3O. The number of halogens is 2. The van der Waals surface area contributed by atoms with Crippen molar-refractivity contribution in [1.82, 2.24) is 14.8 Å². The fourth-order valence-corrected chi connectivity index (χ4v) is 1.40. The highest BCUT2D eigenvalue weighted by atomic mass is 35.5. The molecule has 0 saturated carbocycles. The number of ether oxygens (including phenoxy) is 1. The summed E-state index contributed by atoms with van der Waals surface area (Å²) in [5.41, 5.74) is 0. The minimum atomic E-state index is -0.544. The molecule has 0 aromatic carbocycles. The van der Waals surface area contributed by atoms with Crippen LogP contribution in [0.1, 0.15) is 0 Å². The number of rotatable bonds is 4. The molecule has 0 unspecified atom stereocenters.